The summed E-state index contributed by atoms with van der Waals surface area (Å²) in [7, 11) is 0. The highest BCUT2D eigenvalue weighted by Gasteiger charge is 2.12. The van der Waals surface area contributed by atoms with Gasteiger partial charge in [-0.3, -0.25) is 19.5 Å². The average Bonchev–Trinajstić information content (AvgIpc) is 3.21. The molecule has 4 rings (SSSR count). The van der Waals surface area contributed by atoms with E-state index in [1.807, 2.05) is 30.3 Å². The molecule has 0 aliphatic carbocycles. The molecule has 0 fully saturated rings. The van der Waals surface area contributed by atoms with Crippen LogP contribution in [-0.4, -0.2) is 21.5 Å². The summed E-state index contributed by atoms with van der Waals surface area (Å²) < 4.78 is 6.26. The van der Waals surface area contributed by atoms with Crippen LogP contribution >= 0.6 is 0 Å². The Bertz CT molecular complexity index is 1230. The van der Waals surface area contributed by atoms with Crippen molar-refractivity contribution >= 4 is 33.6 Å². The Labute approximate surface area is 158 Å². The third-order valence-corrected chi connectivity index (χ3v) is 4.26. The summed E-state index contributed by atoms with van der Waals surface area (Å²) in [6, 6.07) is 14.0. The number of amides is 3. The first kappa shape index (κ1) is 17.5. The number of furan rings is 1. The third kappa shape index (κ3) is 3.61. The summed E-state index contributed by atoms with van der Waals surface area (Å²) in [5, 5.41) is 6.98. The number of hydrogen-bond donors (Lipinski definition) is 2. The molecular formula is C20H16N4O4. The van der Waals surface area contributed by atoms with Crippen LogP contribution in [0.2, 0.25) is 0 Å². The maximum Gasteiger partial charge on any atom is 0.321 e. The van der Waals surface area contributed by atoms with Crippen LogP contribution in [0.1, 0.15) is 5.76 Å². The smallest absolute Gasteiger partial charge is 0.321 e. The Hall–Kier alpha value is -3.94. The van der Waals surface area contributed by atoms with Crippen LogP contribution in [0, 0.1) is 0 Å². The number of rotatable bonds is 4. The Morgan fingerprint density at radius 1 is 1.07 bits per heavy atom. The number of carbonyl (C=O) groups excluding carboxylic acids is 2. The van der Waals surface area contributed by atoms with Crippen molar-refractivity contribution in [2.75, 3.05) is 0 Å². The number of hydrogen-bond acceptors (Lipinski definition) is 5. The summed E-state index contributed by atoms with van der Waals surface area (Å²) in [6.45, 7) is -0.167. The van der Waals surface area contributed by atoms with Crippen molar-refractivity contribution in [3.63, 3.8) is 0 Å². The van der Waals surface area contributed by atoms with Gasteiger partial charge in [-0.15, -0.1) is 0 Å². The van der Waals surface area contributed by atoms with E-state index < -0.39 is 11.9 Å². The van der Waals surface area contributed by atoms with E-state index in [4.69, 9.17) is 4.42 Å². The normalized spacial score (nSPS) is 10.9. The van der Waals surface area contributed by atoms with Crippen LogP contribution in [-0.2, 0) is 17.9 Å². The maximum atomic E-state index is 12.7. The highest BCUT2D eigenvalue weighted by atomic mass is 16.3. The number of imide groups is 1. The van der Waals surface area contributed by atoms with E-state index >= 15 is 0 Å². The summed E-state index contributed by atoms with van der Waals surface area (Å²) in [4.78, 5) is 40.9. The highest BCUT2D eigenvalue weighted by Crippen LogP contribution is 2.18. The minimum absolute atomic E-state index is 0.149. The lowest BCUT2D eigenvalue weighted by Crippen LogP contribution is -2.41. The van der Waals surface area contributed by atoms with Crippen LogP contribution in [0.5, 0.6) is 0 Å². The van der Waals surface area contributed by atoms with Gasteiger partial charge in [-0.2, -0.15) is 0 Å². The van der Waals surface area contributed by atoms with Gasteiger partial charge in [0.2, 0.25) is 5.91 Å². The first-order chi connectivity index (χ1) is 13.6. The number of nitrogens with one attached hydrogen (secondary N) is 2. The SMILES string of the molecule is O=C(Cn1cnc2cc3ccccc3cc2c1=O)NC(=O)NCc1ccco1. The zero-order valence-corrected chi connectivity index (χ0v) is 14.7. The van der Waals surface area contributed by atoms with Gasteiger partial charge in [0.1, 0.15) is 12.3 Å². The maximum absolute atomic E-state index is 12.7. The van der Waals surface area contributed by atoms with Crippen molar-refractivity contribution < 1.29 is 14.0 Å². The van der Waals surface area contributed by atoms with Gasteiger partial charge in [0.05, 0.1) is 30.0 Å². The molecule has 0 spiro atoms. The predicted molar refractivity (Wildman–Crippen MR) is 103 cm³/mol. The molecule has 0 saturated heterocycles. The van der Waals surface area contributed by atoms with Crippen molar-refractivity contribution in [2.24, 2.45) is 0 Å². The standard InChI is InChI=1S/C20H16N4O4/c25-18(23-20(27)21-10-15-6-3-7-28-15)11-24-12-22-17-9-14-5-2-1-4-13(14)8-16(17)19(24)26/h1-9,12H,10-11H2,(H2,21,23,25,27). The van der Waals surface area contributed by atoms with Gasteiger partial charge in [0.15, 0.2) is 0 Å². The van der Waals surface area contributed by atoms with Crippen LogP contribution < -0.4 is 16.2 Å². The molecular weight excluding hydrogens is 360 g/mol. The fraction of sp³-hybridized carbons (Fsp3) is 0.100. The number of carbonyl (C=O) groups is 2. The van der Waals surface area contributed by atoms with Crippen molar-refractivity contribution in [1.29, 1.82) is 0 Å². The molecule has 140 valence electrons. The van der Waals surface area contributed by atoms with Gasteiger partial charge in [-0.25, -0.2) is 9.78 Å². The van der Waals surface area contributed by atoms with Crippen molar-refractivity contribution in [3.05, 3.63) is 77.2 Å². The quantitative estimate of drug-likeness (QED) is 0.531. The molecule has 0 atom stereocenters. The number of benzene rings is 2. The van der Waals surface area contributed by atoms with Crippen LogP contribution in [0.15, 0.2) is 70.3 Å². The minimum Gasteiger partial charge on any atom is -0.467 e. The first-order valence-electron chi connectivity index (χ1n) is 8.58. The average molecular weight is 376 g/mol. The molecule has 8 nitrogen and oxygen atoms in total. The molecule has 8 heteroatoms. The van der Waals surface area contributed by atoms with Crippen molar-refractivity contribution in [1.82, 2.24) is 20.2 Å². The lowest BCUT2D eigenvalue weighted by Gasteiger charge is -2.08. The van der Waals surface area contributed by atoms with E-state index in [0.717, 1.165) is 10.8 Å². The summed E-state index contributed by atoms with van der Waals surface area (Å²) in [6.07, 6.45) is 2.79. The van der Waals surface area contributed by atoms with E-state index in [9.17, 15) is 14.4 Å². The zero-order valence-electron chi connectivity index (χ0n) is 14.7. The van der Waals surface area contributed by atoms with Gasteiger partial charge < -0.3 is 9.73 Å². The Morgan fingerprint density at radius 3 is 2.61 bits per heavy atom. The van der Waals surface area contributed by atoms with Gasteiger partial charge in [0, 0.05) is 0 Å². The second-order valence-corrected chi connectivity index (χ2v) is 6.20. The lowest BCUT2D eigenvalue weighted by molar-refractivity contribution is -0.120. The lowest BCUT2D eigenvalue weighted by atomic mass is 10.1. The van der Waals surface area contributed by atoms with E-state index in [2.05, 4.69) is 15.6 Å². The predicted octanol–water partition coefficient (Wildman–Crippen LogP) is 2.17. The number of aromatic nitrogens is 2. The van der Waals surface area contributed by atoms with E-state index in [-0.39, 0.29) is 18.6 Å². The molecule has 2 heterocycles. The van der Waals surface area contributed by atoms with Crippen LogP contribution in [0.3, 0.4) is 0 Å². The molecule has 4 aromatic rings. The van der Waals surface area contributed by atoms with Crippen LogP contribution in [0.4, 0.5) is 4.79 Å². The highest BCUT2D eigenvalue weighted by molar-refractivity contribution is 5.96. The van der Waals surface area contributed by atoms with Crippen molar-refractivity contribution in [2.45, 2.75) is 13.1 Å². The zero-order chi connectivity index (χ0) is 19.5. The second-order valence-electron chi connectivity index (χ2n) is 6.20. The molecule has 0 aliphatic heterocycles. The van der Waals surface area contributed by atoms with Gasteiger partial charge in [-0.1, -0.05) is 24.3 Å². The largest absolute Gasteiger partial charge is 0.467 e. The van der Waals surface area contributed by atoms with E-state index in [1.165, 1.54) is 17.2 Å². The number of nitrogens with zero attached hydrogens (tertiary/aromatic N) is 2. The Morgan fingerprint density at radius 2 is 1.86 bits per heavy atom. The molecule has 3 amide bonds. The van der Waals surface area contributed by atoms with Gasteiger partial charge in [-0.05, 0) is 35.0 Å². The summed E-state index contributed by atoms with van der Waals surface area (Å²) in [5.74, 6) is -0.0641. The Balaban J connectivity index is 1.48. The van der Waals surface area contributed by atoms with Crippen LogP contribution in [0.25, 0.3) is 21.7 Å². The number of urea groups is 1. The summed E-state index contributed by atoms with van der Waals surface area (Å²) >= 11 is 0. The molecule has 0 saturated carbocycles. The van der Waals surface area contributed by atoms with Gasteiger partial charge >= 0.3 is 6.03 Å². The third-order valence-electron chi connectivity index (χ3n) is 4.26. The molecule has 0 unspecified atom stereocenters. The van der Waals surface area contributed by atoms with Crippen molar-refractivity contribution in [3.8, 4) is 0 Å². The van der Waals surface area contributed by atoms with E-state index in [0.29, 0.717) is 16.7 Å². The molecule has 0 aliphatic rings. The molecule has 2 N–H and O–H groups in total. The monoisotopic (exact) mass is 376 g/mol. The number of fused-ring (bicyclic) bond motifs is 2. The minimum atomic E-state index is -0.672. The fourth-order valence-corrected chi connectivity index (χ4v) is 2.90. The topological polar surface area (TPSA) is 106 Å². The molecule has 2 aromatic carbocycles. The van der Waals surface area contributed by atoms with Gasteiger partial charge in [0.25, 0.3) is 5.56 Å². The fourth-order valence-electron chi connectivity index (χ4n) is 2.90. The molecule has 2 aromatic heterocycles. The molecule has 0 radical (unpaired) electrons. The molecule has 0 bridgehead atoms. The Kier molecular flexibility index (Phi) is 4.59. The second kappa shape index (κ2) is 7.36. The first-order valence-corrected chi connectivity index (χ1v) is 8.58. The van der Waals surface area contributed by atoms with E-state index in [1.54, 1.807) is 18.2 Å². The molecule has 28 heavy (non-hydrogen) atoms. The summed E-state index contributed by atoms with van der Waals surface area (Å²) in [5.41, 5.74) is 0.207.